The molecule has 0 amide bonds. The Balaban J connectivity index is 2.65. The van der Waals surface area contributed by atoms with Crippen LogP contribution in [-0.2, 0) is 5.54 Å². The SMILES string of the molecule is Cc1c(-c2cccc(Cl)c2)oc(=O)n1C(C)(C)C. The third kappa shape index (κ3) is 2.23. The molecule has 0 fully saturated rings. The van der Waals surface area contributed by atoms with E-state index in [0.29, 0.717) is 10.8 Å². The van der Waals surface area contributed by atoms with Crippen LogP contribution in [0, 0.1) is 6.92 Å². The summed E-state index contributed by atoms with van der Waals surface area (Å²) in [7, 11) is 0. The molecule has 96 valence electrons. The van der Waals surface area contributed by atoms with Gasteiger partial charge >= 0.3 is 5.76 Å². The molecule has 0 unspecified atom stereocenters. The van der Waals surface area contributed by atoms with Gasteiger partial charge in [-0.2, -0.15) is 0 Å². The average molecular weight is 266 g/mol. The zero-order valence-electron chi connectivity index (χ0n) is 11.0. The molecule has 18 heavy (non-hydrogen) atoms. The second-order valence-corrected chi connectivity index (χ2v) is 5.74. The molecule has 0 saturated carbocycles. The monoisotopic (exact) mass is 265 g/mol. The van der Waals surface area contributed by atoms with Gasteiger partial charge in [0.1, 0.15) is 0 Å². The third-order valence-electron chi connectivity index (χ3n) is 2.79. The fourth-order valence-corrected chi connectivity index (χ4v) is 2.31. The van der Waals surface area contributed by atoms with Crippen molar-refractivity contribution in [2.75, 3.05) is 0 Å². The zero-order chi connectivity index (χ0) is 13.5. The molecule has 0 bridgehead atoms. The molecule has 0 spiro atoms. The molecule has 0 aliphatic rings. The summed E-state index contributed by atoms with van der Waals surface area (Å²) >= 11 is 5.96. The number of oxazole rings is 1. The highest BCUT2D eigenvalue weighted by molar-refractivity contribution is 6.30. The van der Waals surface area contributed by atoms with Gasteiger partial charge in [-0.3, -0.25) is 4.57 Å². The minimum absolute atomic E-state index is 0.304. The summed E-state index contributed by atoms with van der Waals surface area (Å²) < 4.78 is 7.02. The number of benzene rings is 1. The molecule has 0 aliphatic carbocycles. The lowest BCUT2D eigenvalue weighted by Crippen LogP contribution is -2.31. The van der Waals surface area contributed by atoms with Crippen molar-refractivity contribution in [3.63, 3.8) is 0 Å². The zero-order valence-corrected chi connectivity index (χ0v) is 11.7. The van der Waals surface area contributed by atoms with Crippen molar-refractivity contribution in [2.45, 2.75) is 33.2 Å². The topological polar surface area (TPSA) is 35.1 Å². The van der Waals surface area contributed by atoms with Crippen LogP contribution in [-0.4, -0.2) is 4.57 Å². The molecule has 1 aromatic carbocycles. The summed E-state index contributed by atoms with van der Waals surface area (Å²) in [5.41, 5.74) is 1.33. The number of hydrogen-bond donors (Lipinski definition) is 0. The molecule has 1 heterocycles. The quantitative estimate of drug-likeness (QED) is 0.786. The van der Waals surface area contributed by atoms with Crippen molar-refractivity contribution < 1.29 is 4.42 Å². The summed E-state index contributed by atoms with van der Waals surface area (Å²) in [6.07, 6.45) is 0. The molecule has 0 saturated heterocycles. The summed E-state index contributed by atoms with van der Waals surface area (Å²) in [4.78, 5) is 11.9. The molecule has 2 rings (SSSR count). The molecule has 0 radical (unpaired) electrons. The normalized spacial score (nSPS) is 11.8. The standard InChI is InChI=1S/C14H16ClNO2/c1-9-12(10-6-5-7-11(15)8-10)18-13(17)16(9)14(2,3)4/h5-8H,1-4H3. The van der Waals surface area contributed by atoms with Crippen LogP contribution < -0.4 is 5.76 Å². The van der Waals surface area contributed by atoms with Gasteiger partial charge in [0.15, 0.2) is 5.76 Å². The lowest BCUT2D eigenvalue weighted by Gasteiger charge is -2.20. The van der Waals surface area contributed by atoms with Crippen LogP contribution in [0.2, 0.25) is 5.02 Å². The highest BCUT2D eigenvalue weighted by atomic mass is 35.5. The first-order chi connectivity index (χ1) is 8.30. The summed E-state index contributed by atoms with van der Waals surface area (Å²) in [6.45, 7) is 7.79. The number of hydrogen-bond acceptors (Lipinski definition) is 2. The van der Waals surface area contributed by atoms with E-state index >= 15 is 0 Å². The Kier molecular flexibility index (Phi) is 3.11. The molecular formula is C14H16ClNO2. The van der Waals surface area contributed by atoms with Crippen molar-refractivity contribution in [3.05, 3.63) is 45.5 Å². The second-order valence-electron chi connectivity index (χ2n) is 5.30. The Morgan fingerprint density at radius 2 is 1.94 bits per heavy atom. The van der Waals surface area contributed by atoms with Crippen LogP contribution in [0.3, 0.4) is 0 Å². The van der Waals surface area contributed by atoms with E-state index in [0.717, 1.165) is 11.3 Å². The van der Waals surface area contributed by atoms with E-state index < -0.39 is 0 Å². The van der Waals surface area contributed by atoms with Gasteiger partial charge in [0.05, 0.1) is 5.69 Å². The van der Waals surface area contributed by atoms with Crippen LogP contribution >= 0.6 is 11.6 Å². The molecule has 1 aromatic heterocycles. The first kappa shape index (κ1) is 13.0. The Labute approximate surface area is 111 Å². The maximum absolute atomic E-state index is 11.9. The molecule has 0 N–H and O–H groups in total. The predicted octanol–water partition coefficient (Wildman–Crippen LogP) is 3.83. The van der Waals surface area contributed by atoms with E-state index in [4.69, 9.17) is 16.0 Å². The minimum Gasteiger partial charge on any atom is -0.407 e. The van der Waals surface area contributed by atoms with Gasteiger partial charge in [0.2, 0.25) is 0 Å². The highest BCUT2D eigenvalue weighted by Crippen LogP contribution is 2.27. The van der Waals surface area contributed by atoms with Crippen LogP contribution in [0.4, 0.5) is 0 Å². The first-order valence-electron chi connectivity index (χ1n) is 5.79. The van der Waals surface area contributed by atoms with Gasteiger partial charge in [-0.1, -0.05) is 23.7 Å². The smallest absolute Gasteiger partial charge is 0.407 e. The maximum atomic E-state index is 11.9. The molecule has 0 atom stereocenters. The fourth-order valence-electron chi connectivity index (χ4n) is 2.12. The summed E-state index contributed by atoms with van der Waals surface area (Å²) in [6, 6.07) is 7.30. The summed E-state index contributed by atoms with van der Waals surface area (Å²) in [5, 5.41) is 0.623. The van der Waals surface area contributed by atoms with Gasteiger partial charge in [0, 0.05) is 16.1 Å². The van der Waals surface area contributed by atoms with Crippen LogP contribution in [0.1, 0.15) is 26.5 Å². The molecule has 4 heteroatoms. The van der Waals surface area contributed by atoms with Crippen molar-refractivity contribution in [3.8, 4) is 11.3 Å². The third-order valence-corrected chi connectivity index (χ3v) is 3.03. The predicted molar refractivity (Wildman–Crippen MR) is 73.1 cm³/mol. The van der Waals surface area contributed by atoms with E-state index in [1.807, 2.05) is 39.8 Å². The number of aromatic nitrogens is 1. The van der Waals surface area contributed by atoms with Gasteiger partial charge in [-0.15, -0.1) is 0 Å². The minimum atomic E-state index is -0.338. The van der Waals surface area contributed by atoms with E-state index in [9.17, 15) is 4.79 Å². The Hall–Kier alpha value is -1.48. The van der Waals surface area contributed by atoms with E-state index in [-0.39, 0.29) is 11.3 Å². The van der Waals surface area contributed by atoms with Gasteiger partial charge in [0.25, 0.3) is 0 Å². The Bertz CT molecular complexity index is 632. The van der Waals surface area contributed by atoms with E-state index in [2.05, 4.69) is 0 Å². The number of nitrogens with zero attached hydrogens (tertiary/aromatic N) is 1. The Morgan fingerprint density at radius 1 is 1.28 bits per heavy atom. The van der Waals surface area contributed by atoms with Gasteiger partial charge < -0.3 is 4.42 Å². The van der Waals surface area contributed by atoms with Crippen molar-refractivity contribution in [1.82, 2.24) is 4.57 Å². The first-order valence-corrected chi connectivity index (χ1v) is 6.17. The van der Waals surface area contributed by atoms with Crippen LogP contribution in [0.15, 0.2) is 33.5 Å². The fraction of sp³-hybridized carbons (Fsp3) is 0.357. The lowest BCUT2D eigenvalue weighted by atomic mass is 10.1. The van der Waals surface area contributed by atoms with Crippen molar-refractivity contribution in [1.29, 1.82) is 0 Å². The largest absolute Gasteiger partial charge is 0.420 e. The van der Waals surface area contributed by atoms with Gasteiger partial charge in [-0.05, 0) is 39.8 Å². The molecule has 2 aromatic rings. The van der Waals surface area contributed by atoms with Crippen molar-refractivity contribution >= 4 is 11.6 Å². The number of rotatable bonds is 1. The lowest BCUT2D eigenvalue weighted by molar-refractivity contribution is 0.348. The molecular weight excluding hydrogens is 250 g/mol. The maximum Gasteiger partial charge on any atom is 0.420 e. The second kappa shape index (κ2) is 4.32. The van der Waals surface area contributed by atoms with E-state index in [1.54, 1.807) is 16.7 Å². The Morgan fingerprint density at radius 3 is 2.44 bits per heavy atom. The van der Waals surface area contributed by atoms with E-state index in [1.165, 1.54) is 0 Å². The van der Waals surface area contributed by atoms with Gasteiger partial charge in [-0.25, -0.2) is 4.79 Å². The molecule has 3 nitrogen and oxygen atoms in total. The van der Waals surface area contributed by atoms with Crippen LogP contribution in [0.25, 0.3) is 11.3 Å². The number of halogens is 1. The van der Waals surface area contributed by atoms with Crippen LogP contribution in [0.5, 0.6) is 0 Å². The summed E-state index contributed by atoms with van der Waals surface area (Å²) in [5.74, 6) is 0.243. The molecule has 0 aliphatic heterocycles. The van der Waals surface area contributed by atoms with Crippen molar-refractivity contribution in [2.24, 2.45) is 0 Å². The average Bonchev–Trinajstić information content (AvgIpc) is 2.53. The highest BCUT2D eigenvalue weighted by Gasteiger charge is 2.23.